The van der Waals surface area contributed by atoms with E-state index in [-0.39, 0.29) is 23.9 Å². The van der Waals surface area contributed by atoms with Gasteiger partial charge in [0.05, 0.1) is 5.41 Å². The maximum atomic E-state index is 12.8. The van der Waals surface area contributed by atoms with Crippen molar-refractivity contribution in [1.82, 2.24) is 0 Å². The molecule has 0 radical (unpaired) electrons. The molecule has 25 heavy (non-hydrogen) atoms. The molecule has 4 aliphatic rings. The van der Waals surface area contributed by atoms with Gasteiger partial charge in [0.1, 0.15) is 0 Å². The van der Waals surface area contributed by atoms with Gasteiger partial charge in [-0.1, -0.05) is 17.7 Å². The average Bonchev–Trinajstić information content (AvgIpc) is 2.54. The second kappa shape index (κ2) is 6.15. The van der Waals surface area contributed by atoms with Crippen molar-refractivity contribution < 1.29 is 14.3 Å². The summed E-state index contributed by atoms with van der Waals surface area (Å²) in [5, 5.41) is 2.85. The molecule has 0 heterocycles. The van der Waals surface area contributed by atoms with Gasteiger partial charge in [-0.25, -0.2) is 0 Å². The normalized spacial score (nSPS) is 32.5. The molecule has 1 N–H and O–H groups in total. The number of esters is 1. The van der Waals surface area contributed by atoms with Gasteiger partial charge < -0.3 is 10.1 Å². The fourth-order valence-corrected chi connectivity index (χ4v) is 5.78. The van der Waals surface area contributed by atoms with Gasteiger partial charge in [-0.05, 0) is 81.8 Å². The highest BCUT2D eigenvalue weighted by Gasteiger charge is 2.55. The Labute approximate surface area is 149 Å². The van der Waals surface area contributed by atoms with Crippen molar-refractivity contribution in [2.24, 2.45) is 23.2 Å². The van der Waals surface area contributed by atoms with Gasteiger partial charge in [0.2, 0.25) is 0 Å². The van der Waals surface area contributed by atoms with E-state index in [9.17, 15) is 9.59 Å². The maximum absolute atomic E-state index is 12.8. The zero-order valence-electron chi connectivity index (χ0n) is 15.1. The minimum atomic E-state index is -0.297. The van der Waals surface area contributed by atoms with Crippen LogP contribution in [0.1, 0.15) is 49.7 Å². The van der Waals surface area contributed by atoms with Crippen molar-refractivity contribution in [3.63, 3.8) is 0 Å². The number of amides is 1. The summed E-state index contributed by atoms with van der Waals surface area (Å²) in [6.45, 7) is 3.80. The highest BCUT2D eigenvalue weighted by Crippen LogP contribution is 2.60. The van der Waals surface area contributed by atoms with E-state index in [2.05, 4.69) is 5.32 Å². The SMILES string of the molecule is Cc1ccc(NC(=O)COC(=O)C23CC4CC(CC(C4)C2)C3)c(C)c1. The molecule has 1 aromatic rings. The highest BCUT2D eigenvalue weighted by molar-refractivity contribution is 5.93. The number of hydrogen-bond acceptors (Lipinski definition) is 3. The Hall–Kier alpha value is -1.84. The number of anilines is 1. The number of benzene rings is 1. The number of carbonyl (C=O) groups is 2. The second-order valence-electron chi connectivity index (χ2n) is 8.64. The number of ether oxygens (including phenoxy) is 1. The zero-order chi connectivity index (χ0) is 17.6. The molecule has 1 aromatic carbocycles. The van der Waals surface area contributed by atoms with Crippen LogP contribution in [-0.4, -0.2) is 18.5 Å². The number of rotatable bonds is 4. The van der Waals surface area contributed by atoms with E-state index in [4.69, 9.17) is 4.74 Å². The first-order valence-electron chi connectivity index (χ1n) is 9.48. The Balaban J connectivity index is 1.35. The summed E-state index contributed by atoms with van der Waals surface area (Å²) in [7, 11) is 0. The third-order valence-corrected chi connectivity index (χ3v) is 6.46. The first-order valence-corrected chi connectivity index (χ1v) is 9.48. The van der Waals surface area contributed by atoms with Crippen molar-refractivity contribution in [2.75, 3.05) is 11.9 Å². The Kier molecular flexibility index (Phi) is 4.09. The van der Waals surface area contributed by atoms with Crippen LogP contribution in [0.3, 0.4) is 0 Å². The highest BCUT2D eigenvalue weighted by atomic mass is 16.5. The predicted octanol–water partition coefficient (Wildman–Crippen LogP) is 4.00. The Morgan fingerprint density at radius 1 is 1.08 bits per heavy atom. The third kappa shape index (κ3) is 3.19. The number of nitrogens with one attached hydrogen (secondary N) is 1. The molecule has 0 aliphatic heterocycles. The first-order chi connectivity index (χ1) is 11.9. The van der Waals surface area contributed by atoms with E-state index in [1.165, 1.54) is 19.3 Å². The molecule has 1 amide bonds. The zero-order valence-corrected chi connectivity index (χ0v) is 15.1. The Morgan fingerprint density at radius 3 is 2.24 bits per heavy atom. The van der Waals surface area contributed by atoms with Crippen LogP contribution in [0.15, 0.2) is 18.2 Å². The van der Waals surface area contributed by atoms with E-state index in [1.807, 2.05) is 32.0 Å². The van der Waals surface area contributed by atoms with Crippen LogP contribution < -0.4 is 5.32 Å². The lowest BCUT2D eigenvalue weighted by Gasteiger charge is -2.55. The quantitative estimate of drug-likeness (QED) is 0.842. The topological polar surface area (TPSA) is 55.4 Å². The van der Waals surface area contributed by atoms with E-state index < -0.39 is 0 Å². The first kappa shape index (κ1) is 16.6. The molecule has 4 bridgehead atoms. The smallest absolute Gasteiger partial charge is 0.312 e. The van der Waals surface area contributed by atoms with E-state index in [1.54, 1.807) is 0 Å². The summed E-state index contributed by atoms with van der Waals surface area (Å²) in [5.74, 6) is 1.70. The molecule has 4 nitrogen and oxygen atoms in total. The minimum Gasteiger partial charge on any atom is -0.455 e. The van der Waals surface area contributed by atoms with E-state index in [0.29, 0.717) is 17.8 Å². The number of carbonyl (C=O) groups excluding carboxylic acids is 2. The molecule has 4 heteroatoms. The van der Waals surface area contributed by atoms with Crippen LogP contribution in [0, 0.1) is 37.0 Å². The molecule has 134 valence electrons. The molecule has 4 saturated carbocycles. The number of hydrogen-bond donors (Lipinski definition) is 1. The van der Waals surface area contributed by atoms with E-state index in [0.717, 1.165) is 36.1 Å². The third-order valence-electron chi connectivity index (χ3n) is 6.46. The summed E-state index contributed by atoms with van der Waals surface area (Å²) < 4.78 is 5.47. The monoisotopic (exact) mass is 341 g/mol. The van der Waals surface area contributed by atoms with Crippen LogP contribution in [0.2, 0.25) is 0 Å². The van der Waals surface area contributed by atoms with Gasteiger partial charge in [-0.2, -0.15) is 0 Å². The van der Waals surface area contributed by atoms with Crippen LogP contribution in [0.5, 0.6) is 0 Å². The van der Waals surface area contributed by atoms with Gasteiger partial charge in [0.15, 0.2) is 6.61 Å². The fourth-order valence-electron chi connectivity index (χ4n) is 5.78. The maximum Gasteiger partial charge on any atom is 0.312 e. The summed E-state index contributed by atoms with van der Waals surface area (Å²) in [6.07, 6.45) is 6.78. The lowest BCUT2D eigenvalue weighted by molar-refractivity contribution is -0.172. The van der Waals surface area contributed by atoms with Gasteiger partial charge in [0, 0.05) is 5.69 Å². The molecular weight excluding hydrogens is 314 g/mol. The fraction of sp³-hybridized carbons (Fsp3) is 0.619. The van der Waals surface area contributed by atoms with E-state index >= 15 is 0 Å². The molecule has 0 aromatic heterocycles. The lowest BCUT2D eigenvalue weighted by atomic mass is 9.49. The molecule has 5 rings (SSSR count). The van der Waals surface area contributed by atoms with Crippen molar-refractivity contribution in [3.8, 4) is 0 Å². The summed E-state index contributed by atoms with van der Waals surface area (Å²) in [6, 6.07) is 5.88. The number of aryl methyl sites for hydroxylation is 2. The standard InChI is InChI=1S/C21H27NO3/c1-13-3-4-18(14(2)5-13)22-19(23)12-25-20(24)21-9-15-6-16(10-21)8-17(7-15)11-21/h3-5,15-17H,6-12H2,1-2H3,(H,22,23). The summed E-state index contributed by atoms with van der Waals surface area (Å²) in [4.78, 5) is 25.0. The van der Waals surface area contributed by atoms with Gasteiger partial charge in [-0.3, -0.25) is 9.59 Å². The molecular formula is C21H27NO3. The molecule has 0 atom stereocenters. The van der Waals surface area contributed by atoms with Crippen LogP contribution in [-0.2, 0) is 14.3 Å². The van der Waals surface area contributed by atoms with Crippen molar-refractivity contribution in [3.05, 3.63) is 29.3 Å². The Morgan fingerprint density at radius 2 is 1.68 bits per heavy atom. The molecule has 0 spiro atoms. The molecule has 0 saturated heterocycles. The lowest BCUT2D eigenvalue weighted by Crippen LogP contribution is -2.50. The molecule has 4 fully saturated rings. The van der Waals surface area contributed by atoms with Crippen molar-refractivity contribution in [1.29, 1.82) is 0 Å². The van der Waals surface area contributed by atoms with Gasteiger partial charge >= 0.3 is 5.97 Å². The summed E-state index contributed by atoms with van der Waals surface area (Å²) >= 11 is 0. The second-order valence-corrected chi connectivity index (χ2v) is 8.64. The van der Waals surface area contributed by atoms with Crippen LogP contribution >= 0.6 is 0 Å². The molecule has 0 unspecified atom stereocenters. The predicted molar refractivity (Wildman–Crippen MR) is 96.1 cm³/mol. The average molecular weight is 341 g/mol. The van der Waals surface area contributed by atoms with Crippen LogP contribution in [0.4, 0.5) is 5.69 Å². The Bertz CT molecular complexity index is 674. The van der Waals surface area contributed by atoms with Crippen LogP contribution in [0.25, 0.3) is 0 Å². The van der Waals surface area contributed by atoms with Crippen molar-refractivity contribution in [2.45, 2.75) is 52.4 Å². The van der Waals surface area contributed by atoms with Gasteiger partial charge in [-0.15, -0.1) is 0 Å². The molecule has 4 aliphatic carbocycles. The largest absolute Gasteiger partial charge is 0.455 e. The minimum absolute atomic E-state index is 0.137. The van der Waals surface area contributed by atoms with Gasteiger partial charge in [0.25, 0.3) is 5.91 Å². The van der Waals surface area contributed by atoms with Crippen molar-refractivity contribution >= 4 is 17.6 Å². The summed E-state index contributed by atoms with van der Waals surface area (Å²) in [5.41, 5.74) is 2.65.